The van der Waals surface area contributed by atoms with Gasteiger partial charge in [-0.1, -0.05) is 12.1 Å². The maximum absolute atomic E-state index is 5.34. The van der Waals surface area contributed by atoms with Crippen molar-refractivity contribution in [1.29, 1.82) is 0 Å². The summed E-state index contributed by atoms with van der Waals surface area (Å²) >= 11 is 0. The van der Waals surface area contributed by atoms with Gasteiger partial charge in [-0.25, -0.2) is 0 Å². The number of ether oxygens (including phenoxy) is 1. The van der Waals surface area contributed by atoms with Gasteiger partial charge in [0.1, 0.15) is 5.75 Å². The van der Waals surface area contributed by atoms with Crippen LogP contribution in [0.3, 0.4) is 0 Å². The molecule has 22 heavy (non-hydrogen) atoms. The molecule has 1 aromatic carbocycles. The summed E-state index contributed by atoms with van der Waals surface area (Å²) in [5.41, 5.74) is 1.36. The van der Waals surface area contributed by atoms with E-state index in [1.165, 1.54) is 50.9 Å². The average Bonchev–Trinajstić information content (AvgIpc) is 3.37. The smallest absolute Gasteiger partial charge is 0.119 e. The Morgan fingerprint density at radius 3 is 2.59 bits per heavy atom. The molecule has 1 atom stereocenters. The highest BCUT2D eigenvalue weighted by atomic mass is 35.5. The van der Waals surface area contributed by atoms with Crippen molar-refractivity contribution < 1.29 is 4.74 Å². The predicted octanol–water partition coefficient (Wildman–Crippen LogP) is 3.64. The van der Waals surface area contributed by atoms with Gasteiger partial charge in [-0.2, -0.15) is 0 Å². The van der Waals surface area contributed by atoms with Crippen molar-refractivity contribution in [2.75, 3.05) is 26.7 Å². The predicted molar refractivity (Wildman–Crippen MR) is 94.0 cm³/mol. The molecule has 0 aromatic heterocycles. The maximum Gasteiger partial charge on any atom is 0.119 e. The zero-order valence-electron chi connectivity index (χ0n) is 13.8. The average molecular weight is 325 g/mol. The fourth-order valence-corrected chi connectivity index (χ4v) is 3.26. The Bertz CT molecular complexity index is 456. The zero-order valence-corrected chi connectivity index (χ0v) is 14.6. The summed E-state index contributed by atoms with van der Waals surface area (Å²) in [5.74, 6) is 1.94. The van der Waals surface area contributed by atoms with E-state index < -0.39 is 0 Å². The van der Waals surface area contributed by atoms with E-state index in [9.17, 15) is 0 Å². The van der Waals surface area contributed by atoms with E-state index in [0.29, 0.717) is 6.04 Å². The number of nitrogens with zero attached hydrogens (tertiary/aromatic N) is 1. The minimum Gasteiger partial charge on any atom is -0.497 e. The molecule has 0 amide bonds. The standard InChI is InChI=1S/C18H28N2O.ClH/c1-14(16-4-3-5-18(12-16)21-2)20-10-8-17(9-11-20)19-13-15-6-7-15;/h3-5,12,14-15,17,19H,6-11,13H2,1-2H3;1H. The van der Waals surface area contributed by atoms with Crippen LogP contribution in [-0.2, 0) is 0 Å². The molecule has 1 N–H and O–H groups in total. The van der Waals surface area contributed by atoms with Gasteiger partial charge >= 0.3 is 0 Å². The van der Waals surface area contributed by atoms with Crippen LogP contribution in [0, 0.1) is 5.92 Å². The van der Waals surface area contributed by atoms with Gasteiger partial charge in [-0.3, -0.25) is 4.90 Å². The van der Waals surface area contributed by atoms with Crippen molar-refractivity contribution in [2.24, 2.45) is 5.92 Å². The Morgan fingerprint density at radius 1 is 1.23 bits per heavy atom. The second-order valence-electron chi connectivity index (χ2n) is 6.61. The van der Waals surface area contributed by atoms with Gasteiger partial charge in [0.05, 0.1) is 7.11 Å². The largest absolute Gasteiger partial charge is 0.497 e. The summed E-state index contributed by atoms with van der Waals surface area (Å²) in [7, 11) is 1.74. The van der Waals surface area contributed by atoms with Crippen LogP contribution in [0.4, 0.5) is 0 Å². The number of halogens is 1. The molecule has 1 unspecified atom stereocenters. The van der Waals surface area contributed by atoms with Gasteiger partial charge in [0.2, 0.25) is 0 Å². The first-order valence-corrected chi connectivity index (χ1v) is 8.37. The molecule has 2 aliphatic rings. The van der Waals surface area contributed by atoms with Gasteiger partial charge in [-0.15, -0.1) is 12.4 Å². The molecule has 0 spiro atoms. The lowest BCUT2D eigenvalue weighted by molar-refractivity contribution is 0.152. The Balaban J connectivity index is 0.00000176. The molecule has 1 aliphatic carbocycles. The summed E-state index contributed by atoms with van der Waals surface area (Å²) in [5, 5.41) is 3.75. The SMILES string of the molecule is COc1cccc(C(C)N2CCC(NCC3CC3)CC2)c1.Cl. The van der Waals surface area contributed by atoms with Crippen molar-refractivity contribution in [2.45, 2.75) is 44.7 Å². The Hall–Kier alpha value is -0.770. The number of piperidine rings is 1. The highest BCUT2D eigenvalue weighted by Crippen LogP contribution is 2.29. The summed E-state index contributed by atoms with van der Waals surface area (Å²) in [6.45, 7) is 5.95. The Labute approximate surface area is 140 Å². The third kappa shape index (κ3) is 4.61. The van der Waals surface area contributed by atoms with Crippen LogP contribution in [0.1, 0.15) is 44.2 Å². The number of benzene rings is 1. The van der Waals surface area contributed by atoms with E-state index in [0.717, 1.165) is 17.7 Å². The summed E-state index contributed by atoms with van der Waals surface area (Å²) in [6, 6.07) is 9.70. The van der Waals surface area contributed by atoms with Crippen LogP contribution in [0.15, 0.2) is 24.3 Å². The van der Waals surface area contributed by atoms with Gasteiger partial charge in [0.15, 0.2) is 0 Å². The van der Waals surface area contributed by atoms with Crippen LogP contribution >= 0.6 is 12.4 Å². The van der Waals surface area contributed by atoms with E-state index >= 15 is 0 Å². The minimum atomic E-state index is 0. The normalized spacial score (nSPS) is 21.2. The quantitative estimate of drug-likeness (QED) is 0.864. The van der Waals surface area contributed by atoms with Crippen molar-refractivity contribution in [3.63, 3.8) is 0 Å². The first-order valence-electron chi connectivity index (χ1n) is 8.37. The number of nitrogens with one attached hydrogen (secondary N) is 1. The minimum absolute atomic E-state index is 0. The highest BCUT2D eigenvalue weighted by Gasteiger charge is 2.26. The molecule has 124 valence electrons. The topological polar surface area (TPSA) is 24.5 Å². The summed E-state index contributed by atoms with van der Waals surface area (Å²) in [4.78, 5) is 2.60. The van der Waals surface area contributed by atoms with E-state index in [1.807, 2.05) is 6.07 Å². The highest BCUT2D eigenvalue weighted by molar-refractivity contribution is 5.85. The molecule has 1 saturated heterocycles. The van der Waals surface area contributed by atoms with E-state index in [-0.39, 0.29) is 12.4 Å². The molecule has 1 saturated carbocycles. The van der Waals surface area contributed by atoms with Gasteiger partial charge in [0.25, 0.3) is 0 Å². The molecule has 1 heterocycles. The molecule has 2 fully saturated rings. The second-order valence-corrected chi connectivity index (χ2v) is 6.61. The van der Waals surface area contributed by atoms with Gasteiger partial charge in [0, 0.05) is 25.2 Å². The lowest BCUT2D eigenvalue weighted by atomic mass is 10.00. The van der Waals surface area contributed by atoms with Crippen LogP contribution < -0.4 is 10.1 Å². The van der Waals surface area contributed by atoms with E-state index in [1.54, 1.807) is 7.11 Å². The Morgan fingerprint density at radius 2 is 1.95 bits per heavy atom. The third-order valence-corrected chi connectivity index (χ3v) is 5.05. The number of rotatable bonds is 6. The molecule has 0 bridgehead atoms. The van der Waals surface area contributed by atoms with Crippen molar-refractivity contribution in [3.05, 3.63) is 29.8 Å². The van der Waals surface area contributed by atoms with Crippen molar-refractivity contribution in [3.8, 4) is 5.75 Å². The number of methoxy groups -OCH3 is 1. The fraction of sp³-hybridized carbons (Fsp3) is 0.667. The molecule has 1 aromatic rings. The fourth-order valence-electron chi connectivity index (χ4n) is 3.26. The third-order valence-electron chi connectivity index (χ3n) is 5.05. The summed E-state index contributed by atoms with van der Waals surface area (Å²) in [6.07, 6.45) is 5.44. The van der Waals surface area contributed by atoms with Gasteiger partial charge in [-0.05, 0) is 62.8 Å². The molecule has 4 heteroatoms. The lowest BCUT2D eigenvalue weighted by Gasteiger charge is -2.36. The first-order chi connectivity index (χ1) is 10.3. The maximum atomic E-state index is 5.34. The first kappa shape index (κ1) is 17.6. The molecule has 3 nitrogen and oxygen atoms in total. The molecule has 3 rings (SSSR count). The summed E-state index contributed by atoms with van der Waals surface area (Å²) < 4.78 is 5.34. The van der Waals surface area contributed by atoms with Crippen LogP contribution in [0.2, 0.25) is 0 Å². The van der Waals surface area contributed by atoms with Crippen LogP contribution in [0.5, 0.6) is 5.75 Å². The molecular formula is C18H29ClN2O. The molecule has 0 radical (unpaired) electrons. The van der Waals surface area contributed by atoms with Crippen LogP contribution in [-0.4, -0.2) is 37.7 Å². The van der Waals surface area contributed by atoms with E-state index in [4.69, 9.17) is 4.74 Å². The van der Waals surface area contributed by atoms with E-state index in [2.05, 4.69) is 35.3 Å². The van der Waals surface area contributed by atoms with Crippen molar-refractivity contribution in [1.82, 2.24) is 10.2 Å². The number of hydrogen-bond acceptors (Lipinski definition) is 3. The lowest BCUT2D eigenvalue weighted by Crippen LogP contribution is -2.43. The second kappa shape index (κ2) is 8.19. The zero-order chi connectivity index (χ0) is 14.7. The monoisotopic (exact) mass is 324 g/mol. The van der Waals surface area contributed by atoms with Gasteiger partial charge < -0.3 is 10.1 Å². The number of hydrogen-bond donors (Lipinski definition) is 1. The van der Waals surface area contributed by atoms with Crippen LogP contribution in [0.25, 0.3) is 0 Å². The molecule has 1 aliphatic heterocycles. The molecular weight excluding hydrogens is 296 g/mol. The van der Waals surface area contributed by atoms with Crippen molar-refractivity contribution >= 4 is 12.4 Å². The number of likely N-dealkylation sites (tertiary alicyclic amines) is 1. The Kier molecular flexibility index (Phi) is 6.54.